The Balaban J connectivity index is 2.25. The molecule has 4 heteroatoms. The molecule has 0 saturated carbocycles. The number of hydrogen-bond donors (Lipinski definition) is 0. The van der Waals surface area contributed by atoms with Gasteiger partial charge in [-0.05, 0) is 35.4 Å². The normalized spacial score (nSPS) is 12.2. The molecule has 0 aliphatic heterocycles. The zero-order valence-electron chi connectivity index (χ0n) is 11.6. The summed E-state index contributed by atoms with van der Waals surface area (Å²) < 4.78 is 10.3. The molecule has 0 saturated heterocycles. The van der Waals surface area contributed by atoms with Crippen LogP contribution in [0.25, 0.3) is 10.8 Å². The molecule has 2 rings (SSSR count). The summed E-state index contributed by atoms with van der Waals surface area (Å²) in [6, 6.07) is 11.8. The third-order valence-corrected chi connectivity index (χ3v) is 3.40. The highest BCUT2D eigenvalue weighted by Crippen LogP contribution is 2.25. The molecule has 0 N–H and O–H groups in total. The molecule has 0 spiro atoms. The maximum absolute atomic E-state index is 11.8. The van der Waals surface area contributed by atoms with Crippen molar-refractivity contribution in [3.8, 4) is 5.75 Å². The highest BCUT2D eigenvalue weighted by molar-refractivity contribution is 6.18. The summed E-state index contributed by atoms with van der Waals surface area (Å²) in [5.41, 5.74) is 0.933. The van der Waals surface area contributed by atoms with Gasteiger partial charge < -0.3 is 9.47 Å². The fourth-order valence-electron chi connectivity index (χ4n) is 2.04. The van der Waals surface area contributed by atoms with E-state index in [4.69, 9.17) is 21.1 Å². The van der Waals surface area contributed by atoms with Crippen LogP contribution in [0, 0.1) is 0 Å². The number of methoxy groups -OCH3 is 1. The van der Waals surface area contributed by atoms with E-state index in [0.29, 0.717) is 5.88 Å². The molecule has 0 amide bonds. The van der Waals surface area contributed by atoms with Gasteiger partial charge in [0.05, 0.1) is 18.9 Å². The molecule has 0 aliphatic rings. The van der Waals surface area contributed by atoms with Crippen LogP contribution in [0.15, 0.2) is 36.4 Å². The van der Waals surface area contributed by atoms with E-state index in [2.05, 4.69) is 0 Å². The van der Waals surface area contributed by atoms with E-state index >= 15 is 0 Å². The number of rotatable bonds is 5. The topological polar surface area (TPSA) is 35.5 Å². The number of hydrogen-bond acceptors (Lipinski definition) is 3. The summed E-state index contributed by atoms with van der Waals surface area (Å²) in [6.07, 6.45) is 0. The molecule has 3 nitrogen and oxygen atoms in total. The van der Waals surface area contributed by atoms with Crippen molar-refractivity contribution in [1.82, 2.24) is 0 Å². The molecular weight excluding hydrogens is 276 g/mol. The number of carbonyl (C=O) groups is 1. The number of esters is 1. The van der Waals surface area contributed by atoms with Crippen LogP contribution < -0.4 is 4.74 Å². The van der Waals surface area contributed by atoms with Gasteiger partial charge in [-0.2, -0.15) is 0 Å². The summed E-state index contributed by atoms with van der Waals surface area (Å²) in [6.45, 7) is 2.08. The molecule has 0 bridgehead atoms. The molecule has 1 atom stereocenters. The predicted molar refractivity (Wildman–Crippen MR) is 80.6 cm³/mol. The third kappa shape index (κ3) is 3.23. The van der Waals surface area contributed by atoms with Crippen molar-refractivity contribution in [2.24, 2.45) is 0 Å². The fourth-order valence-corrected chi connectivity index (χ4v) is 2.12. The number of ether oxygens (including phenoxy) is 2. The highest BCUT2D eigenvalue weighted by atomic mass is 35.5. The highest BCUT2D eigenvalue weighted by Gasteiger charge is 2.16. The number of fused-ring (bicyclic) bond motifs is 1. The zero-order valence-corrected chi connectivity index (χ0v) is 12.3. The van der Waals surface area contributed by atoms with Gasteiger partial charge in [0.25, 0.3) is 0 Å². The van der Waals surface area contributed by atoms with Gasteiger partial charge in [-0.15, -0.1) is 11.6 Å². The molecule has 0 heterocycles. The molecule has 0 aromatic heterocycles. The Bertz CT molecular complexity index is 610. The van der Waals surface area contributed by atoms with Crippen molar-refractivity contribution < 1.29 is 14.3 Å². The van der Waals surface area contributed by atoms with Gasteiger partial charge in [0, 0.05) is 0 Å². The van der Waals surface area contributed by atoms with Crippen molar-refractivity contribution in [2.75, 3.05) is 19.6 Å². The minimum Gasteiger partial charge on any atom is -0.497 e. The lowest BCUT2D eigenvalue weighted by Gasteiger charge is -2.12. The first kappa shape index (κ1) is 14.7. The lowest BCUT2D eigenvalue weighted by atomic mass is 9.98. The average Bonchev–Trinajstić information content (AvgIpc) is 2.50. The van der Waals surface area contributed by atoms with Crippen molar-refractivity contribution >= 4 is 28.3 Å². The van der Waals surface area contributed by atoms with Crippen molar-refractivity contribution in [3.63, 3.8) is 0 Å². The van der Waals surface area contributed by atoms with Gasteiger partial charge >= 0.3 is 5.97 Å². The van der Waals surface area contributed by atoms with Crippen LogP contribution in [0.4, 0.5) is 0 Å². The molecule has 1 unspecified atom stereocenters. The van der Waals surface area contributed by atoms with E-state index in [1.165, 1.54) is 0 Å². The summed E-state index contributed by atoms with van der Waals surface area (Å²) in [5.74, 6) is 0.582. The van der Waals surface area contributed by atoms with Gasteiger partial charge in [-0.1, -0.05) is 24.3 Å². The second-order valence-corrected chi connectivity index (χ2v) is 4.93. The Kier molecular flexibility index (Phi) is 4.85. The first-order valence-electron chi connectivity index (χ1n) is 6.46. The first-order valence-corrected chi connectivity index (χ1v) is 6.99. The van der Waals surface area contributed by atoms with Crippen LogP contribution in [0.3, 0.4) is 0 Å². The Morgan fingerprint density at radius 1 is 1.20 bits per heavy atom. The van der Waals surface area contributed by atoms with E-state index in [-0.39, 0.29) is 18.5 Å². The Labute approximate surface area is 123 Å². The first-order chi connectivity index (χ1) is 9.65. The number of carbonyl (C=O) groups excluding carboxylic acids is 1. The minimum atomic E-state index is -0.301. The lowest BCUT2D eigenvalue weighted by Crippen LogP contribution is -2.14. The van der Waals surface area contributed by atoms with Crippen LogP contribution in [-0.2, 0) is 9.53 Å². The minimum absolute atomic E-state index is 0.246. The third-order valence-electron chi connectivity index (χ3n) is 3.25. The zero-order chi connectivity index (χ0) is 14.5. The molecule has 0 fully saturated rings. The molecule has 106 valence electrons. The lowest BCUT2D eigenvalue weighted by molar-refractivity contribution is -0.144. The fraction of sp³-hybridized carbons (Fsp3) is 0.312. The molecule has 0 aliphatic carbocycles. The Hall–Kier alpha value is -1.74. The smallest absolute Gasteiger partial charge is 0.313 e. The largest absolute Gasteiger partial charge is 0.497 e. The summed E-state index contributed by atoms with van der Waals surface area (Å²) in [7, 11) is 1.64. The number of benzene rings is 2. The van der Waals surface area contributed by atoms with Gasteiger partial charge in [-0.25, -0.2) is 0 Å². The average molecular weight is 293 g/mol. The summed E-state index contributed by atoms with van der Waals surface area (Å²) >= 11 is 5.51. The van der Waals surface area contributed by atoms with E-state index in [1.54, 1.807) is 7.11 Å². The monoisotopic (exact) mass is 292 g/mol. The second-order valence-electron chi connectivity index (χ2n) is 4.55. The second kappa shape index (κ2) is 6.62. The van der Waals surface area contributed by atoms with Gasteiger partial charge in [0.15, 0.2) is 0 Å². The molecule has 0 radical (unpaired) electrons. The molecular formula is C16H17ClO3. The van der Waals surface area contributed by atoms with Gasteiger partial charge in [-0.3, -0.25) is 4.79 Å². The number of halogens is 1. The van der Waals surface area contributed by atoms with E-state index < -0.39 is 0 Å². The molecule has 2 aromatic rings. The quantitative estimate of drug-likeness (QED) is 0.622. The molecule has 2 aromatic carbocycles. The van der Waals surface area contributed by atoms with Gasteiger partial charge in [0.2, 0.25) is 0 Å². The maximum atomic E-state index is 11.8. The van der Waals surface area contributed by atoms with E-state index in [0.717, 1.165) is 22.1 Å². The van der Waals surface area contributed by atoms with E-state index in [9.17, 15) is 4.79 Å². The number of alkyl halides is 1. The van der Waals surface area contributed by atoms with Crippen molar-refractivity contribution in [1.29, 1.82) is 0 Å². The van der Waals surface area contributed by atoms with E-state index in [1.807, 2.05) is 43.3 Å². The predicted octanol–water partition coefficient (Wildman–Crippen LogP) is 3.73. The van der Waals surface area contributed by atoms with Crippen LogP contribution in [0.5, 0.6) is 5.75 Å². The van der Waals surface area contributed by atoms with Gasteiger partial charge in [0.1, 0.15) is 12.4 Å². The SMILES string of the molecule is COc1ccc2cc(C(C)C(=O)OCCCl)ccc2c1. The van der Waals surface area contributed by atoms with Crippen LogP contribution in [-0.4, -0.2) is 25.6 Å². The Morgan fingerprint density at radius 2 is 1.90 bits per heavy atom. The maximum Gasteiger partial charge on any atom is 0.313 e. The molecule has 20 heavy (non-hydrogen) atoms. The van der Waals surface area contributed by atoms with Crippen LogP contribution >= 0.6 is 11.6 Å². The van der Waals surface area contributed by atoms with Crippen LogP contribution in [0.1, 0.15) is 18.4 Å². The van der Waals surface area contributed by atoms with Crippen LogP contribution in [0.2, 0.25) is 0 Å². The van der Waals surface area contributed by atoms with Crippen molar-refractivity contribution in [2.45, 2.75) is 12.8 Å². The van der Waals surface area contributed by atoms with Crippen molar-refractivity contribution in [3.05, 3.63) is 42.0 Å². The summed E-state index contributed by atoms with van der Waals surface area (Å²) in [5, 5.41) is 2.15. The summed E-state index contributed by atoms with van der Waals surface area (Å²) in [4.78, 5) is 11.8. The standard InChI is InChI=1S/C16H17ClO3/c1-11(16(18)20-8-7-17)12-3-4-14-10-15(19-2)6-5-13(14)9-12/h3-6,9-11H,7-8H2,1-2H3. The Morgan fingerprint density at radius 3 is 2.60 bits per heavy atom.